The van der Waals surface area contributed by atoms with E-state index >= 15 is 0 Å². The second-order valence-corrected chi connectivity index (χ2v) is 5.58. The molecule has 0 saturated carbocycles. The fraction of sp³-hybridized carbons (Fsp3) is 0.882. The van der Waals surface area contributed by atoms with Crippen LogP contribution in [0, 0.1) is 0 Å². The molecule has 0 aliphatic rings. The highest BCUT2D eigenvalue weighted by molar-refractivity contribution is 5.98. The Labute approximate surface area is 119 Å². The lowest BCUT2D eigenvalue weighted by molar-refractivity contribution is -0.127. The molecular formula is C17H32O2. The molecule has 0 spiro atoms. The van der Waals surface area contributed by atoms with Gasteiger partial charge in [-0.15, -0.1) is 0 Å². The number of carbonyl (C=O) groups is 2. The summed E-state index contributed by atoms with van der Waals surface area (Å²) < 4.78 is 0. The van der Waals surface area contributed by atoms with Crippen LogP contribution in [0.25, 0.3) is 0 Å². The van der Waals surface area contributed by atoms with Gasteiger partial charge >= 0.3 is 0 Å². The Hall–Kier alpha value is -0.660. The van der Waals surface area contributed by atoms with Gasteiger partial charge in [0.15, 0.2) is 0 Å². The molecule has 0 aliphatic carbocycles. The highest BCUT2D eigenvalue weighted by atomic mass is 16.1. The molecule has 0 aromatic rings. The van der Waals surface area contributed by atoms with Crippen LogP contribution >= 0.6 is 0 Å². The van der Waals surface area contributed by atoms with E-state index in [0.717, 1.165) is 25.7 Å². The van der Waals surface area contributed by atoms with E-state index in [0.29, 0.717) is 12.8 Å². The maximum absolute atomic E-state index is 11.6. The van der Waals surface area contributed by atoms with Gasteiger partial charge in [0.05, 0.1) is 6.42 Å². The number of carbonyl (C=O) groups excluding carboxylic acids is 2. The number of unbranched alkanes of at least 4 members (excludes halogenated alkanes) is 8. The summed E-state index contributed by atoms with van der Waals surface area (Å²) in [7, 11) is 0. The number of rotatable bonds is 14. The van der Waals surface area contributed by atoms with Crippen molar-refractivity contribution in [1.82, 2.24) is 0 Å². The van der Waals surface area contributed by atoms with Crippen LogP contribution in [0.2, 0.25) is 0 Å². The Morgan fingerprint density at radius 3 is 1.32 bits per heavy atom. The predicted octanol–water partition coefficient (Wildman–Crippen LogP) is 5.24. The van der Waals surface area contributed by atoms with E-state index in [4.69, 9.17) is 0 Å². The molecular weight excluding hydrogens is 236 g/mol. The Kier molecular flexibility index (Phi) is 13.3. The third-order valence-electron chi connectivity index (χ3n) is 3.51. The first kappa shape index (κ1) is 18.3. The molecule has 0 radical (unpaired) electrons. The van der Waals surface area contributed by atoms with Gasteiger partial charge in [-0.25, -0.2) is 0 Å². The van der Waals surface area contributed by atoms with Gasteiger partial charge in [-0.2, -0.15) is 0 Å². The van der Waals surface area contributed by atoms with Crippen LogP contribution in [0.4, 0.5) is 0 Å². The summed E-state index contributed by atoms with van der Waals surface area (Å²) >= 11 is 0. The van der Waals surface area contributed by atoms with Crippen LogP contribution in [-0.2, 0) is 9.59 Å². The topological polar surface area (TPSA) is 34.1 Å². The minimum Gasteiger partial charge on any atom is -0.299 e. The van der Waals surface area contributed by atoms with E-state index in [1.807, 2.05) is 0 Å². The van der Waals surface area contributed by atoms with E-state index < -0.39 is 0 Å². The molecule has 0 rings (SSSR count). The average molecular weight is 268 g/mol. The zero-order valence-electron chi connectivity index (χ0n) is 13.0. The first-order valence-electron chi connectivity index (χ1n) is 8.24. The highest BCUT2D eigenvalue weighted by Gasteiger charge is 2.08. The molecule has 2 nitrogen and oxygen atoms in total. The van der Waals surface area contributed by atoms with Crippen LogP contribution in [-0.4, -0.2) is 11.6 Å². The molecule has 2 heteroatoms. The Morgan fingerprint density at radius 2 is 0.947 bits per heavy atom. The lowest BCUT2D eigenvalue weighted by Crippen LogP contribution is -2.07. The lowest BCUT2D eigenvalue weighted by atomic mass is 10.0. The van der Waals surface area contributed by atoms with Crippen molar-refractivity contribution in [2.45, 2.75) is 97.3 Å². The van der Waals surface area contributed by atoms with E-state index in [2.05, 4.69) is 13.8 Å². The van der Waals surface area contributed by atoms with Crippen LogP contribution < -0.4 is 0 Å². The molecule has 0 aromatic heterocycles. The SMILES string of the molecule is CCCCCCCC(=O)CC(=O)CCCCCCC. The molecule has 19 heavy (non-hydrogen) atoms. The van der Waals surface area contributed by atoms with Crippen molar-refractivity contribution in [3.8, 4) is 0 Å². The molecule has 0 heterocycles. The molecule has 0 N–H and O–H groups in total. The van der Waals surface area contributed by atoms with Gasteiger partial charge in [0.1, 0.15) is 11.6 Å². The maximum atomic E-state index is 11.6. The summed E-state index contributed by atoms with van der Waals surface area (Å²) in [5.41, 5.74) is 0. The van der Waals surface area contributed by atoms with Gasteiger partial charge in [-0.3, -0.25) is 9.59 Å². The van der Waals surface area contributed by atoms with E-state index in [1.165, 1.54) is 38.5 Å². The largest absolute Gasteiger partial charge is 0.299 e. The fourth-order valence-corrected chi connectivity index (χ4v) is 2.25. The van der Waals surface area contributed by atoms with Crippen LogP contribution in [0.1, 0.15) is 97.3 Å². The molecule has 0 bridgehead atoms. The van der Waals surface area contributed by atoms with Crippen LogP contribution in [0.3, 0.4) is 0 Å². The normalized spacial score (nSPS) is 10.6. The predicted molar refractivity (Wildman–Crippen MR) is 81.4 cm³/mol. The average Bonchev–Trinajstić information content (AvgIpc) is 2.38. The summed E-state index contributed by atoms with van der Waals surface area (Å²) in [6.45, 7) is 4.37. The van der Waals surface area contributed by atoms with Gasteiger partial charge in [-0.1, -0.05) is 65.2 Å². The zero-order chi connectivity index (χ0) is 14.3. The molecule has 0 aromatic carbocycles. The third kappa shape index (κ3) is 13.6. The summed E-state index contributed by atoms with van der Waals surface area (Å²) in [6.07, 6.45) is 13.0. The van der Waals surface area contributed by atoms with Crippen molar-refractivity contribution in [3.63, 3.8) is 0 Å². The van der Waals surface area contributed by atoms with Gasteiger partial charge in [0, 0.05) is 12.8 Å². The fourth-order valence-electron chi connectivity index (χ4n) is 2.25. The highest BCUT2D eigenvalue weighted by Crippen LogP contribution is 2.09. The minimum absolute atomic E-state index is 0.148. The van der Waals surface area contributed by atoms with E-state index in [9.17, 15) is 9.59 Å². The van der Waals surface area contributed by atoms with Crippen molar-refractivity contribution in [1.29, 1.82) is 0 Å². The summed E-state index contributed by atoms with van der Waals surface area (Å²) in [5.74, 6) is 0.296. The number of hydrogen-bond acceptors (Lipinski definition) is 2. The maximum Gasteiger partial charge on any atom is 0.140 e. The zero-order valence-corrected chi connectivity index (χ0v) is 13.0. The Bertz CT molecular complexity index is 209. The standard InChI is InChI=1S/C17H32O2/c1-3-5-7-9-11-13-16(18)15-17(19)14-12-10-8-6-4-2/h3-15H2,1-2H3. The molecule has 0 aliphatic heterocycles. The van der Waals surface area contributed by atoms with Crippen molar-refractivity contribution >= 4 is 11.6 Å². The molecule has 0 atom stereocenters. The van der Waals surface area contributed by atoms with Gasteiger partial charge in [0.25, 0.3) is 0 Å². The van der Waals surface area contributed by atoms with Crippen molar-refractivity contribution in [2.24, 2.45) is 0 Å². The number of Topliss-reactive ketones (excluding diaryl/α,β-unsaturated/α-hetero) is 2. The molecule has 0 unspecified atom stereocenters. The Balaban J connectivity index is 3.40. The summed E-state index contributed by atoms with van der Waals surface area (Å²) in [6, 6.07) is 0. The summed E-state index contributed by atoms with van der Waals surface area (Å²) in [5, 5.41) is 0. The molecule has 0 saturated heterocycles. The first-order valence-corrected chi connectivity index (χ1v) is 8.24. The van der Waals surface area contributed by atoms with Crippen molar-refractivity contribution < 1.29 is 9.59 Å². The quantitative estimate of drug-likeness (QED) is 0.319. The van der Waals surface area contributed by atoms with Crippen LogP contribution in [0.5, 0.6) is 0 Å². The molecule has 112 valence electrons. The number of hydrogen-bond donors (Lipinski definition) is 0. The van der Waals surface area contributed by atoms with E-state index in [-0.39, 0.29) is 18.0 Å². The molecule has 0 fully saturated rings. The van der Waals surface area contributed by atoms with Gasteiger partial charge in [0.2, 0.25) is 0 Å². The first-order chi connectivity index (χ1) is 9.20. The van der Waals surface area contributed by atoms with E-state index in [1.54, 1.807) is 0 Å². The van der Waals surface area contributed by atoms with Crippen LogP contribution in [0.15, 0.2) is 0 Å². The number of ketones is 2. The van der Waals surface area contributed by atoms with Gasteiger partial charge < -0.3 is 0 Å². The second kappa shape index (κ2) is 13.8. The smallest absolute Gasteiger partial charge is 0.140 e. The monoisotopic (exact) mass is 268 g/mol. The Morgan fingerprint density at radius 1 is 0.579 bits per heavy atom. The lowest BCUT2D eigenvalue weighted by Gasteiger charge is -2.02. The van der Waals surface area contributed by atoms with Crippen molar-refractivity contribution in [3.05, 3.63) is 0 Å². The minimum atomic E-state index is 0.148. The van der Waals surface area contributed by atoms with Crippen molar-refractivity contribution in [2.75, 3.05) is 0 Å². The summed E-state index contributed by atoms with van der Waals surface area (Å²) in [4.78, 5) is 23.2. The molecule has 0 amide bonds. The third-order valence-corrected chi connectivity index (χ3v) is 3.51. The second-order valence-electron chi connectivity index (χ2n) is 5.58. The van der Waals surface area contributed by atoms with Gasteiger partial charge in [-0.05, 0) is 12.8 Å².